The number of nitriles is 1. The van der Waals surface area contributed by atoms with Crippen molar-refractivity contribution >= 4 is 33.3 Å². The topological polar surface area (TPSA) is 119 Å². The van der Waals surface area contributed by atoms with Crippen molar-refractivity contribution in [1.82, 2.24) is 20.3 Å². The van der Waals surface area contributed by atoms with Crippen molar-refractivity contribution in [3.63, 3.8) is 0 Å². The predicted molar refractivity (Wildman–Crippen MR) is 121 cm³/mol. The van der Waals surface area contributed by atoms with Crippen LogP contribution in [-0.4, -0.2) is 60.4 Å². The highest BCUT2D eigenvalue weighted by Gasteiger charge is 2.23. The van der Waals surface area contributed by atoms with Gasteiger partial charge in [-0.25, -0.2) is 4.98 Å². The Kier molecular flexibility index (Phi) is 5.55. The van der Waals surface area contributed by atoms with Gasteiger partial charge in [0.15, 0.2) is 0 Å². The summed E-state index contributed by atoms with van der Waals surface area (Å²) in [4.78, 5) is 27.7. The summed E-state index contributed by atoms with van der Waals surface area (Å²) in [5, 5.41) is 16.7. The molecular formula is C21H23N7O2S. The molecule has 2 aromatic heterocycles. The Balaban J connectivity index is 1.59. The third-order valence-corrected chi connectivity index (χ3v) is 6.64. The van der Waals surface area contributed by atoms with Gasteiger partial charge in [0, 0.05) is 25.7 Å². The Hall–Kier alpha value is -3.00. The van der Waals surface area contributed by atoms with Gasteiger partial charge >= 0.3 is 0 Å². The number of piperidine rings is 1. The lowest BCUT2D eigenvalue weighted by Crippen LogP contribution is -2.40. The van der Waals surface area contributed by atoms with Crippen LogP contribution in [0.1, 0.15) is 18.4 Å². The van der Waals surface area contributed by atoms with Crippen LogP contribution in [0.2, 0.25) is 0 Å². The Morgan fingerprint density at radius 2 is 2.16 bits per heavy atom. The number of nitrogens with one attached hydrogen (secondary N) is 3. The number of thiazole rings is 1. The van der Waals surface area contributed by atoms with Crippen LogP contribution in [0.25, 0.3) is 20.8 Å². The number of fused-ring (bicyclic) bond motifs is 1. The van der Waals surface area contributed by atoms with E-state index in [-0.39, 0.29) is 11.6 Å². The first kappa shape index (κ1) is 19.9. The minimum atomic E-state index is -0.220. The molecule has 0 saturated carbocycles. The lowest BCUT2D eigenvalue weighted by Gasteiger charge is -2.29. The van der Waals surface area contributed by atoms with Crippen molar-refractivity contribution in [1.29, 1.82) is 5.26 Å². The molecule has 5 rings (SSSR count). The van der Waals surface area contributed by atoms with E-state index in [1.165, 1.54) is 11.3 Å². The summed E-state index contributed by atoms with van der Waals surface area (Å²) in [6.07, 6.45) is 2.09. The average Bonchev–Trinajstić information content (AvgIpc) is 3.22. The zero-order chi connectivity index (χ0) is 21.2. The van der Waals surface area contributed by atoms with Crippen molar-refractivity contribution in [2.45, 2.75) is 18.9 Å². The third kappa shape index (κ3) is 4.12. The number of hydrogen-bond donors (Lipinski definition) is 3. The van der Waals surface area contributed by atoms with Gasteiger partial charge in [0.2, 0.25) is 5.95 Å². The normalized spacial score (nSPS) is 19.3. The van der Waals surface area contributed by atoms with Crippen LogP contribution in [0.3, 0.4) is 0 Å². The maximum absolute atomic E-state index is 13.3. The molecule has 0 amide bonds. The highest BCUT2D eigenvalue weighted by atomic mass is 32.1. The van der Waals surface area contributed by atoms with Crippen LogP contribution in [0.4, 0.5) is 11.8 Å². The summed E-state index contributed by atoms with van der Waals surface area (Å²) in [6.45, 7) is 4.42. The van der Waals surface area contributed by atoms with E-state index in [2.05, 4.69) is 26.7 Å². The van der Waals surface area contributed by atoms with Crippen molar-refractivity contribution < 1.29 is 4.74 Å². The van der Waals surface area contributed by atoms with E-state index in [1.807, 2.05) is 11.0 Å². The quantitative estimate of drug-likeness (QED) is 0.566. The molecule has 10 heteroatoms. The van der Waals surface area contributed by atoms with Gasteiger partial charge in [0.25, 0.3) is 5.56 Å². The molecule has 2 saturated heterocycles. The lowest BCUT2D eigenvalue weighted by atomic mass is 10.1. The largest absolute Gasteiger partial charge is 0.378 e. The van der Waals surface area contributed by atoms with E-state index in [9.17, 15) is 10.1 Å². The second-order valence-electron chi connectivity index (χ2n) is 7.71. The molecule has 0 bridgehead atoms. The monoisotopic (exact) mass is 437 g/mol. The first-order chi connectivity index (χ1) is 15.2. The van der Waals surface area contributed by atoms with Gasteiger partial charge in [0.05, 0.1) is 35.1 Å². The standard InChI is InChI=1S/C21H23N7O2S/c22-11-13-3-4-16-15(10-13)25-20(31-16)17-18(24-14-2-1-5-23-12-14)26-21(27-19(17)29)28-6-8-30-9-7-28/h3-4,10,14,23H,1-2,5-9,12H2,(H2,24,26,27,29). The highest BCUT2D eigenvalue weighted by Crippen LogP contribution is 2.33. The molecule has 160 valence electrons. The number of benzene rings is 1. The molecular weight excluding hydrogens is 414 g/mol. The predicted octanol–water partition coefficient (Wildman–Crippen LogP) is 1.92. The fourth-order valence-electron chi connectivity index (χ4n) is 3.96. The molecule has 2 aliphatic heterocycles. The second-order valence-corrected chi connectivity index (χ2v) is 8.74. The van der Waals surface area contributed by atoms with Crippen LogP contribution < -0.4 is 21.1 Å². The molecule has 0 aliphatic carbocycles. The number of anilines is 2. The molecule has 0 radical (unpaired) electrons. The number of morpholine rings is 1. The van der Waals surface area contributed by atoms with Gasteiger partial charge in [-0.15, -0.1) is 11.3 Å². The number of aromatic amines is 1. The highest BCUT2D eigenvalue weighted by molar-refractivity contribution is 7.21. The van der Waals surface area contributed by atoms with Crippen molar-refractivity contribution in [3.05, 3.63) is 34.1 Å². The van der Waals surface area contributed by atoms with Crippen molar-refractivity contribution in [3.8, 4) is 16.6 Å². The first-order valence-corrected chi connectivity index (χ1v) is 11.3. The lowest BCUT2D eigenvalue weighted by molar-refractivity contribution is 0.122. The third-order valence-electron chi connectivity index (χ3n) is 5.59. The molecule has 2 fully saturated rings. The van der Waals surface area contributed by atoms with E-state index in [0.29, 0.717) is 59.7 Å². The van der Waals surface area contributed by atoms with Crippen LogP contribution in [0.15, 0.2) is 23.0 Å². The van der Waals surface area contributed by atoms with Gasteiger partial charge in [-0.3, -0.25) is 9.78 Å². The number of nitrogens with zero attached hydrogens (tertiary/aromatic N) is 4. The fourth-order valence-corrected chi connectivity index (χ4v) is 4.95. The van der Waals surface area contributed by atoms with E-state index >= 15 is 0 Å². The first-order valence-electron chi connectivity index (χ1n) is 10.5. The minimum Gasteiger partial charge on any atom is -0.378 e. The summed E-state index contributed by atoms with van der Waals surface area (Å²) in [6, 6.07) is 7.72. The van der Waals surface area contributed by atoms with Gasteiger partial charge in [-0.2, -0.15) is 10.2 Å². The molecule has 3 N–H and O–H groups in total. The Morgan fingerprint density at radius 3 is 2.94 bits per heavy atom. The zero-order valence-corrected chi connectivity index (χ0v) is 17.8. The summed E-state index contributed by atoms with van der Waals surface area (Å²) >= 11 is 1.43. The van der Waals surface area contributed by atoms with Crippen LogP contribution >= 0.6 is 11.3 Å². The van der Waals surface area contributed by atoms with Crippen LogP contribution in [0, 0.1) is 11.3 Å². The zero-order valence-electron chi connectivity index (χ0n) is 17.0. The minimum absolute atomic E-state index is 0.193. The number of ether oxygens (including phenoxy) is 1. The molecule has 1 unspecified atom stereocenters. The van der Waals surface area contributed by atoms with Gasteiger partial charge in [-0.1, -0.05) is 0 Å². The van der Waals surface area contributed by atoms with E-state index in [1.54, 1.807) is 12.1 Å². The summed E-state index contributed by atoms with van der Waals surface area (Å²) in [5.41, 5.74) is 1.48. The molecule has 1 atom stereocenters. The summed E-state index contributed by atoms with van der Waals surface area (Å²) in [5.74, 6) is 1.11. The number of aromatic nitrogens is 3. The fraction of sp³-hybridized carbons (Fsp3) is 0.429. The SMILES string of the molecule is N#Cc1ccc2sc(-c3c(NC4CCCNC4)nc(N4CCOCC4)[nH]c3=O)nc2c1. The molecule has 3 aromatic rings. The second kappa shape index (κ2) is 8.63. The summed E-state index contributed by atoms with van der Waals surface area (Å²) < 4.78 is 6.36. The molecule has 9 nitrogen and oxygen atoms in total. The van der Waals surface area contributed by atoms with Gasteiger partial charge < -0.3 is 20.3 Å². The van der Waals surface area contributed by atoms with E-state index in [4.69, 9.17) is 9.72 Å². The van der Waals surface area contributed by atoms with Gasteiger partial charge in [0.1, 0.15) is 16.4 Å². The maximum atomic E-state index is 13.3. The Bertz CT molecular complexity index is 1190. The Morgan fingerprint density at radius 1 is 1.29 bits per heavy atom. The van der Waals surface area contributed by atoms with Crippen molar-refractivity contribution in [2.75, 3.05) is 49.6 Å². The maximum Gasteiger partial charge on any atom is 0.264 e. The molecule has 0 spiro atoms. The number of rotatable bonds is 4. The smallest absolute Gasteiger partial charge is 0.264 e. The van der Waals surface area contributed by atoms with Crippen molar-refractivity contribution in [2.24, 2.45) is 0 Å². The molecule has 4 heterocycles. The van der Waals surface area contributed by atoms with E-state index in [0.717, 1.165) is 30.6 Å². The molecule has 31 heavy (non-hydrogen) atoms. The number of hydrogen-bond acceptors (Lipinski definition) is 9. The van der Waals surface area contributed by atoms with Crippen LogP contribution in [0.5, 0.6) is 0 Å². The van der Waals surface area contributed by atoms with Gasteiger partial charge in [-0.05, 0) is 37.6 Å². The average molecular weight is 438 g/mol. The molecule has 2 aliphatic rings. The molecule has 1 aromatic carbocycles. The summed E-state index contributed by atoms with van der Waals surface area (Å²) in [7, 11) is 0. The number of H-pyrrole nitrogens is 1. The van der Waals surface area contributed by atoms with Crippen LogP contribution in [-0.2, 0) is 4.74 Å². The Labute approximate surface area is 183 Å². The van der Waals surface area contributed by atoms with E-state index < -0.39 is 0 Å².